The van der Waals surface area contributed by atoms with Crippen molar-refractivity contribution in [3.05, 3.63) is 63.7 Å². The Morgan fingerprint density at radius 1 is 1.29 bits per heavy atom. The van der Waals surface area contributed by atoms with Gasteiger partial charge in [-0.15, -0.1) is 0 Å². The Morgan fingerprint density at radius 3 is 2.90 bits per heavy atom. The number of hydrogen-bond acceptors (Lipinski definition) is 4. The Bertz CT molecular complexity index is 735. The molecule has 1 aromatic carbocycles. The maximum atomic E-state index is 12.1. The van der Waals surface area contributed by atoms with Gasteiger partial charge in [0, 0.05) is 12.1 Å². The van der Waals surface area contributed by atoms with E-state index in [-0.39, 0.29) is 17.2 Å². The lowest BCUT2D eigenvalue weighted by Crippen LogP contribution is -2.42. The summed E-state index contributed by atoms with van der Waals surface area (Å²) in [6.45, 7) is 2.04. The van der Waals surface area contributed by atoms with Gasteiger partial charge in [0.2, 0.25) is 0 Å². The van der Waals surface area contributed by atoms with E-state index in [2.05, 4.69) is 5.32 Å². The lowest BCUT2D eigenvalue weighted by atomic mass is 10.0. The van der Waals surface area contributed by atoms with Crippen LogP contribution in [0.15, 0.2) is 45.6 Å². The molecular weight excluding hydrogens is 270 g/mol. The third-order valence-corrected chi connectivity index (χ3v) is 3.33. The van der Waals surface area contributed by atoms with E-state index in [1.54, 1.807) is 6.92 Å². The number of carbonyl (C=O) groups is 1. The summed E-state index contributed by atoms with van der Waals surface area (Å²) < 4.78 is 10.9. The van der Waals surface area contributed by atoms with Crippen LogP contribution in [0, 0.1) is 6.92 Å². The molecule has 2 heterocycles. The normalized spacial score (nSPS) is 16.7. The first-order valence-electron chi connectivity index (χ1n) is 6.75. The van der Waals surface area contributed by atoms with Gasteiger partial charge >= 0.3 is 0 Å². The predicted octanol–water partition coefficient (Wildman–Crippen LogP) is 1.68. The van der Waals surface area contributed by atoms with Crippen LogP contribution in [0.1, 0.15) is 21.9 Å². The van der Waals surface area contributed by atoms with E-state index in [0.717, 1.165) is 11.3 Å². The molecule has 1 aliphatic rings. The first-order valence-corrected chi connectivity index (χ1v) is 6.75. The summed E-state index contributed by atoms with van der Waals surface area (Å²) in [5.74, 6) is 0.894. The van der Waals surface area contributed by atoms with E-state index in [9.17, 15) is 9.59 Å². The Morgan fingerprint density at radius 2 is 2.10 bits per heavy atom. The number of rotatable bonds is 2. The van der Waals surface area contributed by atoms with Gasteiger partial charge < -0.3 is 14.5 Å². The molecule has 21 heavy (non-hydrogen) atoms. The number of hydrogen-bond donors (Lipinski definition) is 1. The highest BCUT2D eigenvalue weighted by Gasteiger charge is 2.22. The van der Waals surface area contributed by atoms with Crippen LogP contribution in [0.5, 0.6) is 5.75 Å². The third kappa shape index (κ3) is 2.97. The van der Waals surface area contributed by atoms with E-state index in [4.69, 9.17) is 9.15 Å². The summed E-state index contributed by atoms with van der Waals surface area (Å²) in [6, 6.07) is 10.1. The summed E-state index contributed by atoms with van der Waals surface area (Å²) in [5, 5.41) is 2.83. The first-order chi connectivity index (χ1) is 10.1. The molecule has 1 aliphatic heterocycles. The lowest BCUT2D eigenvalue weighted by Gasteiger charge is -2.25. The van der Waals surface area contributed by atoms with Crippen LogP contribution in [0.3, 0.4) is 0 Å². The largest absolute Gasteiger partial charge is 0.491 e. The molecule has 1 amide bonds. The standard InChI is InChI=1S/C16H15NO4/c1-10-6-13(18)8-15(21-10)16(19)17-12-7-11-4-2-3-5-14(11)20-9-12/h2-6,8,12H,7,9H2,1H3,(H,17,19). The van der Waals surface area contributed by atoms with Crippen molar-refractivity contribution in [3.63, 3.8) is 0 Å². The number of benzene rings is 1. The average Bonchev–Trinajstić information content (AvgIpc) is 2.46. The van der Waals surface area contributed by atoms with Gasteiger partial charge in [-0.05, 0) is 25.0 Å². The van der Waals surface area contributed by atoms with Gasteiger partial charge in [-0.25, -0.2) is 0 Å². The maximum absolute atomic E-state index is 12.1. The van der Waals surface area contributed by atoms with Crippen LogP contribution in [-0.4, -0.2) is 18.6 Å². The highest BCUT2D eigenvalue weighted by Crippen LogP contribution is 2.23. The van der Waals surface area contributed by atoms with Crippen molar-refractivity contribution < 1.29 is 13.9 Å². The number of nitrogens with one attached hydrogen (secondary N) is 1. The Labute approximate surface area is 121 Å². The summed E-state index contributed by atoms with van der Waals surface area (Å²) in [7, 11) is 0. The van der Waals surface area contributed by atoms with Crippen molar-refractivity contribution in [1.29, 1.82) is 0 Å². The molecule has 0 saturated carbocycles. The minimum atomic E-state index is -0.399. The molecule has 1 atom stereocenters. The molecule has 1 N–H and O–H groups in total. The van der Waals surface area contributed by atoms with Crippen molar-refractivity contribution in [2.24, 2.45) is 0 Å². The highest BCUT2D eigenvalue weighted by molar-refractivity contribution is 5.91. The zero-order valence-corrected chi connectivity index (χ0v) is 11.6. The number of fused-ring (bicyclic) bond motifs is 1. The predicted molar refractivity (Wildman–Crippen MR) is 76.6 cm³/mol. The zero-order chi connectivity index (χ0) is 14.8. The second kappa shape index (κ2) is 5.44. The maximum Gasteiger partial charge on any atom is 0.287 e. The SMILES string of the molecule is Cc1cc(=O)cc(C(=O)NC2COc3ccccc3C2)o1. The van der Waals surface area contributed by atoms with E-state index in [1.807, 2.05) is 24.3 Å². The molecule has 2 aromatic rings. The third-order valence-electron chi connectivity index (χ3n) is 3.33. The number of aryl methyl sites for hydroxylation is 1. The number of para-hydroxylation sites is 1. The van der Waals surface area contributed by atoms with Crippen LogP contribution in [0.2, 0.25) is 0 Å². The Hall–Kier alpha value is -2.56. The quantitative estimate of drug-likeness (QED) is 0.911. The fourth-order valence-electron chi connectivity index (χ4n) is 2.39. The second-order valence-corrected chi connectivity index (χ2v) is 5.06. The minimum Gasteiger partial charge on any atom is -0.491 e. The van der Waals surface area contributed by atoms with E-state index < -0.39 is 5.91 Å². The number of ether oxygens (including phenoxy) is 1. The average molecular weight is 285 g/mol. The van der Waals surface area contributed by atoms with Gasteiger partial charge in [0.25, 0.3) is 5.91 Å². The molecule has 1 unspecified atom stereocenters. The molecule has 0 aliphatic carbocycles. The molecule has 1 aromatic heterocycles. The van der Waals surface area contributed by atoms with Crippen molar-refractivity contribution >= 4 is 5.91 Å². The number of amides is 1. The molecular formula is C16H15NO4. The van der Waals surface area contributed by atoms with Gasteiger partial charge in [-0.2, -0.15) is 0 Å². The fraction of sp³-hybridized carbons (Fsp3) is 0.250. The number of carbonyl (C=O) groups excluding carboxylic acids is 1. The molecule has 0 saturated heterocycles. The van der Waals surface area contributed by atoms with Gasteiger partial charge in [-0.3, -0.25) is 9.59 Å². The van der Waals surface area contributed by atoms with Gasteiger partial charge in [-0.1, -0.05) is 18.2 Å². The minimum absolute atomic E-state index is 0.0267. The summed E-state index contributed by atoms with van der Waals surface area (Å²) in [5.41, 5.74) is 0.814. The second-order valence-electron chi connectivity index (χ2n) is 5.06. The van der Waals surface area contributed by atoms with Gasteiger partial charge in [0.05, 0.1) is 6.04 Å². The smallest absolute Gasteiger partial charge is 0.287 e. The summed E-state index contributed by atoms with van der Waals surface area (Å²) >= 11 is 0. The molecule has 108 valence electrons. The summed E-state index contributed by atoms with van der Waals surface area (Å²) in [4.78, 5) is 23.5. The molecule has 5 nitrogen and oxygen atoms in total. The monoisotopic (exact) mass is 285 g/mol. The van der Waals surface area contributed by atoms with Crippen LogP contribution in [0.4, 0.5) is 0 Å². The van der Waals surface area contributed by atoms with E-state index >= 15 is 0 Å². The van der Waals surface area contributed by atoms with Crippen LogP contribution in [0.25, 0.3) is 0 Å². The first kappa shape index (κ1) is 13.4. The van der Waals surface area contributed by atoms with Crippen molar-refractivity contribution in [2.75, 3.05) is 6.61 Å². The molecule has 0 bridgehead atoms. The van der Waals surface area contributed by atoms with E-state index in [1.165, 1.54) is 12.1 Å². The van der Waals surface area contributed by atoms with Gasteiger partial charge in [0.1, 0.15) is 18.1 Å². The topological polar surface area (TPSA) is 68.5 Å². The van der Waals surface area contributed by atoms with Crippen molar-refractivity contribution in [1.82, 2.24) is 5.32 Å². The van der Waals surface area contributed by atoms with Crippen molar-refractivity contribution in [2.45, 2.75) is 19.4 Å². The zero-order valence-electron chi connectivity index (χ0n) is 11.6. The van der Waals surface area contributed by atoms with Gasteiger partial charge in [0.15, 0.2) is 11.2 Å². The molecule has 5 heteroatoms. The van der Waals surface area contributed by atoms with Crippen molar-refractivity contribution in [3.8, 4) is 5.75 Å². The fourth-order valence-corrected chi connectivity index (χ4v) is 2.39. The molecule has 0 fully saturated rings. The Balaban J connectivity index is 1.73. The molecule has 0 radical (unpaired) electrons. The van der Waals surface area contributed by atoms with Crippen LogP contribution in [-0.2, 0) is 6.42 Å². The molecule has 0 spiro atoms. The van der Waals surface area contributed by atoms with E-state index in [0.29, 0.717) is 18.8 Å². The van der Waals surface area contributed by atoms with Crippen LogP contribution < -0.4 is 15.5 Å². The lowest BCUT2D eigenvalue weighted by molar-refractivity contribution is 0.0883. The highest BCUT2D eigenvalue weighted by atomic mass is 16.5. The van der Waals surface area contributed by atoms with Crippen LogP contribution >= 0.6 is 0 Å². The summed E-state index contributed by atoms with van der Waals surface area (Å²) in [6.07, 6.45) is 0.692. The molecule has 3 rings (SSSR count). The Kier molecular flexibility index (Phi) is 3.48.